The van der Waals surface area contributed by atoms with Crippen LogP contribution in [0.5, 0.6) is 0 Å². The molecule has 0 spiro atoms. The first-order valence-electron chi connectivity index (χ1n) is 14.7. The molecule has 4 aromatic rings. The van der Waals surface area contributed by atoms with Gasteiger partial charge in [-0.05, 0) is 85.6 Å². The third-order valence-electron chi connectivity index (χ3n) is 9.39. The van der Waals surface area contributed by atoms with E-state index in [4.69, 9.17) is 9.72 Å². The van der Waals surface area contributed by atoms with E-state index in [1.807, 2.05) is 30.6 Å². The average molecular weight is 549 g/mol. The van der Waals surface area contributed by atoms with Crippen LogP contribution in [0.1, 0.15) is 64.0 Å². The van der Waals surface area contributed by atoms with Crippen molar-refractivity contribution in [3.05, 3.63) is 88.6 Å². The molecule has 0 radical (unpaired) electrons. The minimum atomic E-state index is -0.461. The van der Waals surface area contributed by atoms with Gasteiger partial charge >= 0.3 is 0 Å². The van der Waals surface area contributed by atoms with Crippen molar-refractivity contribution >= 4 is 29.2 Å². The van der Waals surface area contributed by atoms with Gasteiger partial charge in [-0.15, -0.1) is 0 Å². The monoisotopic (exact) mass is 548 g/mol. The number of ether oxygens (including phenoxy) is 1. The highest BCUT2D eigenvalue weighted by molar-refractivity contribution is 5.94. The zero-order valence-electron chi connectivity index (χ0n) is 23.5. The molecule has 210 valence electrons. The van der Waals surface area contributed by atoms with Gasteiger partial charge in [-0.3, -0.25) is 14.7 Å². The van der Waals surface area contributed by atoms with Gasteiger partial charge in [0.1, 0.15) is 24.1 Å². The molecule has 1 saturated carbocycles. The smallest absolute Gasteiger partial charge is 0.150 e. The van der Waals surface area contributed by atoms with Crippen LogP contribution < -0.4 is 5.32 Å². The Bertz CT molecular complexity index is 1580. The lowest BCUT2D eigenvalue weighted by Crippen LogP contribution is -2.46. The predicted octanol–water partition coefficient (Wildman–Crippen LogP) is 5.08. The molecule has 1 atom stereocenters. The molecule has 2 N–H and O–H groups in total. The van der Waals surface area contributed by atoms with Crippen molar-refractivity contribution < 1.29 is 9.53 Å². The van der Waals surface area contributed by atoms with Crippen LogP contribution in [0.2, 0.25) is 0 Å². The molecule has 8 heteroatoms. The Hall–Kier alpha value is -3.88. The number of benzene rings is 1. The summed E-state index contributed by atoms with van der Waals surface area (Å²) in [5, 5.41) is 4.89. The lowest BCUT2D eigenvalue weighted by Gasteiger charge is -2.39. The predicted molar refractivity (Wildman–Crippen MR) is 160 cm³/mol. The molecule has 1 saturated heterocycles. The molecule has 1 aliphatic heterocycles. The minimum Gasteiger partial charge on any atom is -0.379 e. The summed E-state index contributed by atoms with van der Waals surface area (Å²) in [6, 6.07) is 11.2. The number of aromatic nitrogens is 4. The summed E-state index contributed by atoms with van der Waals surface area (Å²) in [6.45, 7) is 5.92. The number of aromatic amines is 1. The standard InChI is InChI=1S/C33H36N6O2/c1-22-2-3-23(20-40)18-28(22)33(24-9-12-34-13-10-24)11-8-29-27(19-33)30-31(35-21-36-32(30)38-29)37-25-4-6-26(7-5-25)39-14-16-41-17-15-39/h2-3,8-13,18,20-21,25-26H,4-7,14-17,19H2,1H3,(H2,35,36,37,38)/t25-,26-,33?. The second-order valence-electron chi connectivity index (χ2n) is 11.7. The van der Waals surface area contributed by atoms with Crippen molar-refractivity contribution in [1.82, 2.24) is 24.8 Å². The summed E-state index contributed by atoms with van der Waals surface area (Å²) in [6.07, 6.45) is 16.1. The van der Waals surface area contributed by atoms with Crippen LogP contribution in [-0.2, 0) is 16.6 Å². The Morgan fingerprint density at radius 2 is 1.88 bits per heavy atom. The van der Waals surface area contributed by atoms with E-state index in [1.165, 1.54) is 18.4 Å². The Balaban J connectivity index is 1.24. The second kappa shape index (κ2) is 10.8. The molecule has 4 heterocycles. The molecule has 7 rings (SSSR count). The number of nitrogens with one attached hydrogen (secondary N) is 2. The minimum absolute atomic E-state index is 0.381. The van der Waals surface area contributed by atoms with Gasteiger partial charge in [-0.2, -0.15) is 0 Å². The zero-order valence-corrected chi connectivity index (χ0v) is 23.5. The number of rotatable bonds is 6. The van der Waals surface area contributed by atoms with Gasteiger partial charge in [0.2, 0.25) is 0 Å². The number of hydrogen-bond donors (Lipinski definition) is 2. The SMILES string of the molecule is Cc1ccc(C=O)cc1C1(c2ccncc2)C=Cc2[nH]c3ncnc(N[C@H]4CC[C@H](N5CCOCC5)CC4)c3c2C1. The van der Waals surface area contributed by atoms with Crippen molar-refractivity contribution in [3.63, 3.8) is 0 Å². The van der Waals surface area contributed by atoms with Gasteiger partial charge in [0, 0.05) is 54.2 Å². The van der Waals surface area contributed by atoms with Crippen molar-refractivity contribution in [2.24, 2.45) is 0 Å². The molecule has 1 aromatic carbocycles. The number of carbonyl (C=O) groups excluding carboxylic acids is 1. The number of morpholine rings is 1. The van der Waals surface area contributed by atoms with Crippen molar-refractivity contribution in [2.75, 3.05) is 31.6 Å². The maximum atomic E-state index is 11.8. The lowest BCUT2D eigenvalue weighted by molar-refractivity contribution is 0.00791. The number of pyridine rings is 1. The molecule has 8 nitrogen and oxygen atoms in total. The van der Waals surface area contributed by atoms with Gasteiger partial charge in [0.15, 0.2) is 0 Å². The zero-order chi connectivity index (χ0) is 27.8. The Morgan fingerprint density at radius 1 is 1.07 bits per heavy atom. The summed E-state index contributed by atoms with van der Waals surface area (Å²) in [5.74, 6) is 0.902. The Kier molecular flexibility index (Phi) is 6.88. The van der Waals surface area contributed by atoms with E-state index in [2.05, 4.69) is 56.4 Å². The van der Waals surface area contributed by atoms with Crippen LogP contribution in [0.15, 0.2) is 55.1 Å². The topological polar surface area (TPSA) is 96.0 Å². The summed E-state index contributed by atoms with van der Waals surface area (Å²) in [4.78, 5) is 31.7. The van der Waals surface area contributed by atoms with E-state index >= 15 is 0 Å². The molecule has 3 aromatic heterocycles. The van der Waals surface area contributed by atoms with Gasteiger partial charge in [-0.25, -0.2) is 9.97 Å². The highest BCUT2D eigenvalue weighted by Gasteiger charge is 2.38. The number of fused-ring (bicyclic) bond motifs is 3. The average Bonchev–Trinajstić information content (AvgIpc) is 3.41. The number of nitrogens with zero attached hydrogens (tertiary/aromatic N) is 4. The maximum Gasteiger partial charge on any atom is 0.150 e. The van der Waals surface area contributed by atoms with E-state index in [1.54, 1.807) is 6.33 Å². The highest BCUT2D eigenvalue weighted by Crippen LogP contribution is 2.45. The molecular weight excluding hydrogens is 512 g/mol. The number of carbonyl (C=O) groups is 1. The fourth-order valence-corrected chi connectivity index (χ4v) is 7.21. The van der Waals surface area contributed by atoms with Crippen LogP contribution >= 0.6 is 0 Å². The van der Waals surface area contributed by atoms with Crippen molar-refractivity contribution in [1.29, 1.82) is 0 Å². The molecule has 0 bridgehead atoms. The van der Waals surface area contributed by atoms with Crippen LogP contribution in [0.25, 0.3) is 17.1 Å². The van der Waals surface area contributed by atoms with Crippen LogP contribution in [0.3, 0.4) is 0 Å². The molecule has 1 unspecified atom stereocenters. The number of anilines is 1. The first-order valence-corrected chi connectivity index (χ1v) is 14.7. The van der Waals surface area contributed by atoms with E-state index < -0.39 is 5.41 Å². The number of aldehydes is 1. The Labute approximate surface area is 240 Å². The summed E-state index contributed by atoms with van der Waals surface area (Å²) >= 11 is 0. The largest absolute Gasteiger partial charge is 0.379 e. The van der Waals surface area contributed by atoms with Gasteiger partial charge in [0.05, 0.1) is 18.6 Å². The highest BCUT2D eigenvalue weighted by atomic mass is 16.5. The number of aryl methyl sites for hydroxylation is 1. The van der Waals surface area contributed by atoms with E-state index in [9.17, 15) is 4.79 Å². The van der Waals surface area contributed by atoms with Crippen LogP contribution in [-0.4, -0.2) is 69.5 Å². The fraction of sp³-hybridized carbons (Fsp3) is 0.394. The van der Waals surface area contributed by atoms with E-state index in [-0.39, 0.29) is 0 Å². The maximum absolute atomic E-state index is 11.8. The first-order chi connectivity index (χ1) is 20.1. The Morgan fingerprint density at radius 3 is 2.66 bits per heavy atom. The fourth-order valence-electron chi connectivity index (χ4n) is 7.21. The van der Waals surface area contributed by atoms with Gasteiger partial charge in [-0.1, -0.05) is 18.2 Å². The van der Waals surface area contributed by atoms with Crippen molar-refractivity contribution in [2.45, 2.75) is 56.5 Å². The second-order valence-corrected chi connectivity index (χ2v) is 11.7. The molecule has 2 fully saturated rings. The molecule has 0 amide bonds. The summed E-state index contributed by atoms with van der Waals surface area (Å²) in [7, 11) is 0. The first kappa shape index (κ1) is 26.0. The molecule has 41 heavy (non-hydrogen) atoms. The van der Waals surface area contributed by atoms with Crippen LogP contribution in [0, 0.1) is 6.92 Å². The van der Waals surface area contributed by atoms with E-state index in [0.29, 0.717) is 17.6 Å². The molecule has 2 aliphatic carbocycles. The van der Waals surface area contributed by atoms with Gasteiger partial charge < -0.3 is 15.0 Å². The number of allylic oxidation sites excluding steroid dienone is 1. The van der Waals surface area contributed by atoms with Crippen LogP contribution in [0.4, 0.5) is 5.82 Å². The summed E-state index contributed by atoms with van der Waals surface area (Å²) < 4.78 is 5.56. The quantitative estimate of drug-likeness (QED) is 0.324. The number of hydrogen-bond acceptors (Lipinski definition) is 7. The van der Waals surface area contributed by atoms with Crippen molar-refractivity contribution in [3.8, 4) is 0 Å². The molecular formula is C33H36N6O2. The van der Waals surface area contributed by atoms with Gasteiger partial charge in [0.25, 0.3) is 0 Å². The molecule has 3 aliphatic rings. The lowest BCUT2D eigenvalue weighted by atomic mass is 9.66. The number of H-pyrrole nitrogens is 1. The third-order valence-corrected chi connectivity index (χ3v) is 9.39. The summed E-state index contributed by atoms with van der Waals surface area (Å²) in [5.41, 5.74) is 6.73. The normalized spacial score (nSPS) is 24.7. The third kappa shape index (κ3) is 4.75. The van der Waals surface area contributed by atoms with E-state index in [0.717, 1.165) is 91.1 Å².